The van der Waals surface area contributed by atoms with E-state index in [1.165, 1.54) is 57.2 Å². The number of hydrogen-bond acceptors (Lipinski definition) is 4. The number of rotatable bonds is 6. The topological polar surface area (TPSA) is 45.5 Å². The molecule has 1 aliphatic heterocycles. The summed E-state index contributed by atoms with van der Waals surface area (Å²) in [6.45, 7) is 3.33. The summed E-state index contributed by atoms with van der Waals surface area (Å²) in [5.41, 5.74) is 4.09. The number of likely N-dealkylation sites (tertiary alicyclic amines) is 1. The molecule has 37 heavy (non-hydrogen) atoms. The first-order valence-electron chi connectivity index (χ1n) is 13.5. The molecule has 1 saturated heterocycles. The Hall–Kier alpha value is -2.41. The van der Waals surface area contributed by atoms with Gasteiger partial charge in [0.25, 0.3) is 0 Å². The fourth-order valence-electron chi connectivity index (χ4n) is 6.21. The van der Waals surface area contributed by atoms with Crippen LogP contribution in [0, 0.1) is 5.92 Å². The van der Waals surface area contributed by atoms with E-state index < -0.39 is 0 Å². The van der Waals surface area contributed by atoms with Gasteiger partial charge >= 0.3 is 0 Å². The fraction of sp³-hybridized carbons (Fsp3) is 0.400. The Morgan fingerprint density at radius 1 is 0.973 bits per heavy atom. The molecule has 2 fully saturated rings. The average Bonchev–Trinajstić information content (AvgIpc) is 3.33. The lowest BCUT2D eigenvalue weighted by molar-refractivity contribution is 0.0979. The van der Waals surface area contributed by atoms with E-state index in [0.717, 1.165) is 45.7 Å². The number of piperidine rings is 1. The third kappa shape index (κ3) is 5.43. The summed E-state index contributed by atoms with van der Waals surface area (Å²) in [4.78, 5) is 7.62. The van der Waals surface area contributed by atoms with Gasteiger partial charge in [0.1, 0.15) is 5.82 Å². The molecule has 2 aromatic heterocycles. The molecule has 1 atom stereocenters. The molecule has 5 nitrogen and oxygen atoms in total. The van der Waals surface area contributed by atoms with Crippen molar-refractivity contribution < 1.29 is 0 Å². The van der Waals surface area contributed by atoms with Crippen molar-refractivity contribution in [3.8, 4) is 11.3 Å². The first kappa shape index (κ1) is 24.9. The van der Waals surface area contributed by atoms with E-state index >= 15 is 0 Å². The molecule has 0 amide bonds. The number of fused-ring (bicyclic) bond motifs is 1. The predicted molar refractivity (Wildman–Crippen MR) is 155 cm³/mol. The van der Waals surface area contributed by atoms with E-state index in [2.05, 4.69) is 67.6 Å². The molecule has 6 rings (SSSR count). The van der Waals surface area contributed by atoms with Gasteiger partial charge in [0, 0.05) is 35.8 Å². The van der Waals surface area contributed by atoms with Crippen LogP contribution in [0.25, 0.3) is 16.9 Å². The van der Waals surface area contributed by atoms with Crippen LogP contribution < -0.4 is 5.32 Å². The lowest BCUT2D eigenvalue weighted by atomic mass is 9.80. The highest BCUT2D eigenvalue weighted by Crippen LogP contribution is 2.36. The second-order valence-corrected chi connectivity index (χ2v) is 11.8. The van der Waals surface area contributed by atoms with E-state index in [4.69, 9.17) is 16.6 Å². The van der Waals surface area contributed by atoms with Gasteiger partial charge in [-0.2, -0.15) is 9.61 Å². The second kappa shape index (κ2) is 11.1. The number of aromatic nitrogens is 3. The summed E-state index contributed by atoms with van der Waals surface area (Å²) in [6, 6.07) is 21.7. The molecule has 2 aromatic carbocycles. The SMILES string of the molecule is Clc1ccccc1-c1cc(NCC2CCCN(C3CCC(c4ccccc4)CC3)C2)n2ncc(Br)c2n1. The molecule has 1 unspecified atom stereocenters. The molecule has 7 heteroatoms. The van der Waals surface area contributed by atoms with Gasteiger partial charge in [-0.25, -0.2) is 4.98 Å². The van der Waals surface area contributed by atoms with Gasteiger partial charge in [-0.3, -0.25) is 0 Å². The normalized spacial score (nSPS) is 22.8. The van der Waals surface area contributed by atoms with Crippen LogP contribution in [0.4, 0.5) is 5.82 Å². The van der Waals surface area contributed by atoms with Gasteiger partial charge in [-0.15, -0.1) is 0 Å². The zero-order valence-electron chi connectivity index (χ0n) is 21.0. The Morgan fingerprint density at radius 3 is 2.57 bits per heavy atom. The Morgan fingerprint density at radius 2 is 1.76 bits per heavy atom. The van der Waals surface area contributed by atoms with Crippen molar-refractivity contribution in [3.63, 3.8) is 0 Å². The van der Waals surface area contributed by atoms with Crippen LogP contribution in [0.5, 0.6) is 0 Å². The van der Waals surface area contributed by atoms with Gasteiger partial charge in [-0.1, -0.05) is 60.1 Å². The number of nitrogens with one attached hydrogen (secondary N) is 1. The van der Waals surface area contributed by atoms with E-state index in [1.54, 1.807) is 6.20 Å². The van der Waals surface area contributed by atoms with Crippen LogP contribution in [0.1, 0.15) is 50.0 Å². The van der Waals surface area contributed by atoms with Gasteiger partial charge in [-0.05, 0) is 84.5 Å². The van der Waals surface area contributed by atoms with Crippen molar-refractivity contribution in [1.29, 1.82) is 0 Å². The highest BCUT2D eigenvalue weighted by Gasteiger charge is 2.30. The van der Waals surface area contributed by atoms with Crippen LogP contribution in [0.2, 0.25) is 5.02 Å². The van der Waals surface area contributed by atoms with Crippen molar-refractivity contribution in [2.24, 2.45) is 5.92 Å². The monoisotopic (exact) mass is 577 g/mol. The summed E-state index contributed by atoms with van der Waals surface area (Å²) in [7, 11) is 0. The number of halogens is 2. The molecule has 0 radical (unpaired) electrons. The standard InChI is InChI=1S/C30H33BrClN5/c31-26-19-34-37-29(17-28(35-30(26)37)25-10-4-5-11-27(25)32)33-18-21-7-6-16-36(20-21)24-14-12-23(13-15-24)22-8-2-1-3-9-22/h1-5,8-11,17,19,21,23-24,33H,6-7,12-16,18,20H2. The number of anilines is 1. The van der Waals surface area contributed by atoms with E-state index in [-0.39, 0.29) is 0 Å². The van der Waals surface area contributed by atoms with Crippen molar-refractivity contribution >= 4 is 39.0 Å². The lowest BCUT2D eigenvalue weighted by Gasteiger charge is -2.41. The Bertz CT molecular complexity index is 1350. The summed E-state index contributed by atoms with van der Waals surface area (Å²) in [5, 5.41) is 8.98. The highest BCUT2D eigenvalue weighted by atomic mass is 79.9. The summed E-state index contributed by atoms with van der Waals surface area (Å²) < 4.78 is 2.76. The molecular formula is C30H33BrClN5. The Balaban J connectivity index is 1.12. The summed E-state index contributed by atoms with van der Waals surface area (Å²) in [5.74, 6) is 2.30. The van der Waals surface area contributed by atoms with E-state index in [9.17, 15) is 0 Å². The van der Waals surface area contributed by atoms with Crippen molar-refractivity contribution in [2.45, 2.75) is 50.5 Å². The first-order chi connectivity index (χ1) is 18.2. The average molecular weight is 579 g/mol. The minimum Gasteiger partial charge on any atom is -0.370 e. The van der Waals surface area contributed by atoms with Crippen LogP contribution in [0.3, 0.4) is 0 Å². The molecule has 3 heterocycles. The third-order valence-corrected chi connectivity index (χ3v) is 9.07. The van der Waals surface area contributed by atoms with Crippen LogP contribution in [0.15, 0.2) is 71.3 Å². The molecule has 0 bridgehead atoms. The quantitative estimate of drug-likeness (QED) is 0.255. The zero-order valence-corrected chi connectivity index (χ0v) is 23.3. The van der Waals surface area contributed by atoms with E-state index in [1.807, 2.05) is 28.8 Å². The fourth-order valence-corrected chi connectivity index (χ4v) is 6.79. The largest absolute Gasteiger partial charge is 0.370 e. The molecule has 192 valence electrons. The molecule has 1 saturated carbocycles. The predicted octanol–water partition coefficient (Wildman–Crippen LogP) is 7.66. The minimum atomic E-state index is 0.617. The molecule has 2 aliphatic rings. The minimum absolute atomic E-state index is 0.617. The molecular weight excluding hydrogens is 546 g/mol. The van der Waals surface area contributed by atoms with Crippen molar-refractivity contribution in [1.82, 2.24) is 19.5 Å². The van der Waals surface area contributed by atoms with Crippen LogP contribution >= 0.6 is 27.5 Å². The Labute approximate surface area is 232 Å². The maximum Gasteiger partial charge on any atom is 0.172 e. The van der Waals surface area contributed by atoms with Crippen LogP contribution in [-0.2, 0) is 0 Å². The smallest absolute Gasteiger partial charge is 0.172 e. The lowest BCUT2D eigenvalue weighted by Crippen LogP contribution is -2.45. The maximum absolute atomic E-state index is 6.51. The highest BCUT2D eigenvalue weighted by molar-refractivity contribution is 9.10. The van der Waals surface area contributed by atoms with Crippen LogP contribution in [-0.4, -0.2) is 45.2 Å². The molecule has 1 aliphatic carbocycles. The Kier molecular flexibility index (Phi) is 7.50. The zero-order chi connectivity index (χ0) is 25.2. The first-order valence-corrected chi connectivity index (χ1v) is 14.6. The number of benzene rings is 2. The third-order valence-electron chi connectivity index (χ3n) is 8.18. The summed E-state index contributed by atoms with van der Waals surface area (Å²) in [6.07, 6.45) is 9.58. The van der Waals surface area contributed by atoms with Crippen molar-refractivity contribution in [2.75, 3.05) is 25.0 Å². The maximum atomic E-state index is 6.51. The van der Waals surface area contributed by atoms with Gasteiger partial charge in [0.2, 0.25) is 0 Å². The second-order valence-electron chi connectivity index (χ2n) is 10.5. The summed E-state index contributed by atoms with van der Waals surface area (Å²) >= 11 is 10.1. The molecule has 4 aromatic rings. The number of nitrogens with zero attached hydrogens (tertiary/aromatic N) is 4. The van der Waals surface area contributed by atoms with E-state index in [0.29, 0.717) is 10.9 Å². The van der Waals surface area contributed by atoms with Gasteiger partial charge in [0.05, 0.1) is 16.4 Å². The van der Waals surface area contributed by atoms with Crippen molar-refractivity contribution in [3.05, 3.63) is 81.9 Å². The molecule has 0 spiro atoms. The van der Waals surface area contributed by atoms with Gasteiger partial charge < -0.3 is 10.2 Å². The molecule has 1 N–H and O–H groups in total. The van der Waals surface area contributed by atoms with Gasteiger partial charge in [0.15, 0.2) is 5.65 Å². The number of hydrogen-bond donors (Lipinski definition) is 1.